The van der Waals surface area contributed by atoms with Gasteiger partial charge >= 0.3 is 0 Å². The minimum absolute atomic E-state index is 0.326. The van der Waals surface area contributed by atoms with E-state index in [1.54, 1.807) is 6.82 Å². The normalized spacial score (nSPS) is 7.75. The summed E-state index contributed by atoms with van der Waals surface area (Å²) in [5.41, 5.74) is 0. The molecule has 0 saturated heterocycles. The van der Waals surface area contributed by atoms with Crippen LogP contribution in [0.1, 0.15) is 6.92 Å². The van der Waals surface area contributed by atoms with Crippen molar-refractivity contribution < 1.29 is 9.59 Å². The number of nitrogens with one attached hydrogen (secondary N) is 1. The molecule has 0 rings (SSSR count). The van der Waals surface area contributed by atoms with Gasteiger partial charge in [0.15, 0.2) is 5.81 Å². The van der Waals surface area contributed by atoms with Gasteiger partial charge in [-0.05, 0) is 0 Å². The summed E-state index contributed by atoms with van der Waals surface area (Å²) in [5, 5.41) is 2.06. The molecule has 0 aromatic heterocycles. The summed E-state index contributed by atoms with van der Waals surface area (Å²) < 4.78 is 0. The molecule has 0 atom stereocenters. The van der Waals surface area contributed by atoms with Gasteiger partial charge in [-0.15, -0.1) is 0 Å². The van der Waals surface area contributed by atoms with E-state index in [9.17, 15) is 9.59 Å². The lowest BCUT2D eigenvalue weighted by Gasteiger charge is -1.92. The molecule has 0 spiro atoms. The molecule has 1 N–H and O–H groups in total. The van der Waals surface area contributed by atoms with Gasteiger partial charge in [0.2, 0.25) is 13.2 Å². The van der Waals surface area contributed by atoms with Gasteiger partial charge in [-0.25, -0.2) is 0 Å². The van der Waals surface area contributed by atoms with E-state index in [0.717, 1.165) is 0 Å². The van der Waals surface area contributed by atoms with Crippen LogP contribution in [0.4, 0.5) is 4.79 Å². The van der Waals surface area contributed by atoms with Crippen molar-refractivity contribution in [3.63, 3.8) is 0 Å². The highest BCUT2D eigenvalue weighted by Crippen LogP contribution is 1.65. The average molecular weight is 112 g/mol. The summed E-state index contributed by atoms with van der Waals surface area (Å²) in [6.07, 6.45) is 0. The predicted octanol–water partition coefficient (Wildman–Crippen LogP) is -0.00520. The molecule has 43 valence electrons. The maximum Gasteiger partial charge on any atom is 0.229 e. The van der Waals surface area contributed by atoms with Gasteiger partial charge in [0.25, 0.3) is 0 Å². The van der Waals surface area contributed by atoms with Crippen LogP contribution in [-0.4, -0.2) is 19.0 Å². The van der Waals surface area contributed by atoms with Crippen LogP contribution >= 0.6 is 0 Å². The van der Waals surface area contributed by atoms with Gasteiger partial charge in [-0.3, -0.25) is 9.59 Å². The summed E-state index contributed by atoms with van der Waals surface area (Å²) in [6, 6.07) is 0. The molecular formula is C4H7BNO2. The fraction of sp³-hybridized carbons (Fsp3) is 0.500. The molecule has 0 fully saturated rings. The summed E-state index contributed by atoms with van der Waals surface area (Å²) in [4.78, 5) is 20.3. The van der Waals surface area contributed by atoms with Crippen LogP contribution in [0.5, 0.6) is 0 Å². The van der Waals surface area contributed by atoms with Crippen LogP contribution in [0.15, 0.2) is 0 Å². The molecular weight excluding hydrogens is 105 g/mol. The summed E-state index contributed by atoms with van der Waals surface area (Å²) >= 11 is 0. The van der Waals surface area contributed by atoms with Crippen LogP contribution in [0.2, 0.25) is 6.82 Å². The molecule has 0 aromatic carbocycles. The van der Waals surface area contributed by atoms with Crippen molar-refractivity contribution in [2.45, 2.75) is 13.7 Å². The van der Waals surface area contributed by atoms with Crippen LogP contribution in [0, 0.1) is 0 Å². The van der Waals surface area contributed by atoms with E-state index in [-0.39, 0.29) is 11.7 Å². The maximum absolute atomic E-state index is 10.2. The summed E-state index contributed by atoms with van der Waals surface area (Å²) in [7, 11) is 1.29. The van der Waals surface area contributed by atoms with Crippen LogP contribution < -0.4 is 5.32 Å². The third kappa shape index (κ3) is 3.40. The molecule has 2 amide bonds. The lowest BCUT2D eigenvalue weighted by molar-refractivity contribution is -0.117. The van der Waals surface area contributed by atoms with Gasteiger partial charge in [0.05, 0.1) is 0 Å². The number of carbonyl (C=O) groups excluding carboxylic acids is 2. The lowest BCUT2D eigenvalue weighted by Crippen LogP contribution is -2.29. The van der Waals surface area contributed by atoms with Crippen LogP contribution in [-0.2, 0) is 4.79 Å². The molecule has 0 aromatic rings. The van der Waals surface area contributed by atoms with Gasteiger partial charge in [0.1, 0.15) is 0 Å². The van der Waals surface area contributed by atoms with E-state index in [1.165, 1.54) is 14.2 Å². The van der Waals surface area contributed by atoms with Gasteiger partial charge in [-0.2, -0.15) is 0 Å². The second-order valence-electron chi connectivity index (χ2n) is 1.33. The first-order valence-corrected chi connectivity index (χ1v) is 2.27. The van der Waals surface area contributed by atoms with Crippen molar-refractivity contribution in [2.24, 2.45) is 0 Å². The fourth-order valence-electron chi connectivity index (χ4n) is 0.246. The Labute approximate surface area is 48.7 Å². The first kappa shape index (κ1) is 7.20. The zero-order chi connectivity index (χ0) is 6.57. The second-order valence-corrected chi connectivity index (χ2v) is 1.33. The monoisotopic (exact) mass is 112 g/mol. The molecule has 4 heteroatoms. The molecule has 0 aliphatic rings. The summed E-state index contributed by atoms with van der Waals surface area (Å²) in [6.45, 7) is 2.86. The zero-order valence-electron chi connectivity index (χ0n) is 4.89. The van der Waals surface area contributed by atoms with Crippen molar-refractivity contribution in [2.75, 3.05) is 0 Å². The standard InChI is InChI=1S/C4H7BNO2/c1-3(7)6-4(8)5-2/h1-2H3,(H,6,7,8). The third-order valence-electron chi connectivity index (χ3n) is 0.561. The Morgan fingerprint density at radius 3 is 2.12 bits per heavy atom. The molecule has 0 aliphatic carbocycles. The van der Waals surface area contributed by atoms with Crippen LogP contribution in [0.25, 0.3) is 0 Å². The Kier molecular flexibility index (Phi) is 2.92. The Morgan fingerprint density at radius 1 is 1.50 bits per heavy atom. The lowest BCUT2D eigenvalue weighted by atomic mass is 9.81. The Hall–Kier alpha value is -0.795. The zero-order valence-corrected chi connectivity index (χ0v) is 4.89. The molecule has 0 aliphatic heterocycles. The smallest absolute Gasteiger partial charge is 0.229 e. The number of hydrogen-bond acceptors (Lipinski definition) is 2. The van der Waals surface area contributed by atoms with Crippen molar-refractivity contribution in [3.05, 3.63) is 0 Å². The SMILES string of the molecule is C[B]C(=O)NC(C)=O. The molecule has 0 saturated carbocycles. The molecule has 1 radical (unpaired) electrons. The van der Waals surface area contributed by atoms with E-state index in [4.69, 9.17) is 0 Å². The average Bonchev–Trinajstić information content (AvgIpc) is 1.65. The highest BCUT2D eigenvalue weighted by Gasteiger charge is 1.97. The van der Waals surface area contributed by atoms with Crippen molar-refractivity contribution in [3.8, 4) is 0 Å². The summed E-state index contributed by atoms with van der Waals surface area (Å²) in [5.74, 6) is -0.675. The Morgan fingerprint density at radius 2 is 2.00 bits per heavy atom. The third-order valence-corrected chi connectivity index (χ3v) is 0.561. The van der Waals surface area contributed by atoms with Gasteiger partial charge < -0.3 is 5.32 Å². The fourth-order valence-corrected chi connectivity index (χ4v) is 0.246. The first-order valence-electron chi connectivity index (χ1n) is 2.27. The number of hydrogen-bond donors (Lipinski definition) is 1. The van der Waals surface area contributed by atoms with E-state index >= 15 is 0 Å². The minimum atomic E-state index is -0.350. The second kappa shape index (κ2) is 3.24. The molecule has 3 nitrogen and oxygen atoms in total. The first-order chi connectivity index (χ1) is 3.66. The highest BCUT2D eigenvalue weighted by molar-refractivity contribution is 6.73. The van der Waals surface area contributed by atoms with Gasteiger partial charge in [-0.1, -0.05) is 6.82 Å². The Bertz CT molecular complexity index is 113. The largest absolute Gasteiger partial charge is 0.306 e. The van der Waals surface area contributed by atoms with Crippen LogP contribution in [0.3, 0.4) is 0 Å². The molecule has 0 unspecified atom stereocenters. The van der Waals surface area contributed by atoms with Gasteiger partial charge in [0, 0.05) is 6.92 Å². The number of amides is 2. The van der Waals surface area contributed by atoms with E-state index < -0.39 is 0 Å². The predicted molar refractivity (Wildman–Crippen MR) is 30.8 cm³/mol. The van der Waals surface area contributed by atoms with Crippen molar-refractivity contribution in [1.82, 2.24) is 5.32 Å². The molecule has 8 heavy (non-hydrogen) atoms. The topological polar surface area (TPSA) is 46.2 Å². The number of carbonyl (C=O) groups is 2. The van der Waals surface area contributed by atoms with E-state index in [1.807, 2.05) is 0 Å². The number of imide groups is 1. The number of rotatable bonds is 1. The maximum atomic E-state index is 10.2. The highest BCUT2D eigenvalue weighted by atomic mass is 16.2. The van der Waals surface area contributed by atoms with Crippen molar-refractivity contribution in [1.29, 1.82) is 0 Å². The Balaban J connectivity index is 3.40. The minimum Gasteiger partial charge on any atom is -0.306 e. The van der Waals surface area contributed by atoms with E-state index in [2.05, 4.69) is 5.32 Å². The van der Waals surface area contributed by atoms with Crippen molar-refractivity contribution >= 4 is 19.0 Å². The molecule has 0 bridgehead atoms. The molecule has 0 heterocycles. The van der Waals surface area contributed by atoms with E-state index in [0.29, 0.717) is 0 Å². The quantitative estimate of drug-likeness (QED) is 0.485.